The molecule has 0 N–H and O–H groups in total. The molecule has 0 bridgehead atoms. The Morgan fingerprint density at radius 2 is 1.80 bits per heavy atom. The minimum Gasteiger partial charge on any atom is -0.491 e. The van der Waals surface area contributed by atoms with Gasteiger partial charge in [0.05, 0.1) is 33.2 Å². The van der Waals surface area contributed by atoms with E-state index >= 15 is 0 Å². The Kier molecular flexibility index (Phi) is 4.42. The van der Waals surface area contributed by atoms with Gasteiger partial charge in [-0.2, -0.15) is 0 Å². The number of aryl methyl sites for hydroxylation is 1. The molecule has 0 saturated heterocycles. The Morgan fingerprint density at radius 3 is 2.27 bits per heavy atom. The fourth-order valence-electron chi connectivity index (χ4n) is 1.34. The number of nitrogens with zero attached hydrogens (tertiary/aromatic N) is 1. The standard InChI is InChI=1S/C10H14NO3Si/c1-12-8-6-11-7(4-5-15)9(13-2)10(8)14-3/h6H,4-5H2,1-3H3. The van der Waals surface area contributed by atoms with E-state index in [1.165, 1.54) is 0 Å². The van der Waals surface area contributed by atoms with Crippen molar-refractivity contribution < 1.29 is 14.2 Å². The first-order valence-corrected chi connectivity index (χ1v) is 5.27. The van der Waals surface area contributed by atoms with Gasteiger partial charge in [-0.15, -0.1) is 0 Å². The van der Waals surface area contributed by atoms with Gasteiger partial charge in [-0.3, -0.25) is 4.98 Å². The van der Waals surface area contributed by atoms with Crippen molar-refractivity contribution in [2.24, 2.45) is 0 Å². The topological polar surface area (TPSA) is 40.6 Å². The van der Waals surface area contributed by atoms with Crippen LogP contribution >= 0.6 is 0 Å². The lowest BCUT2D eigenvalue weighted by Crippen LogP contribution is -2.01. The van der Waals surface area contributed by atoms with Gasteiger partial charge in [-0.25, -0.2) is 0 Å². The van der Waals surface area contributed by atoms with Crippen LogP contribution in [0.4, 0.5) is 0 Å². The third-order valence-corrected chi connectivity index (χ3v) is 2.27. The molecular weight excluding hydrogens is 210 g/mol. The van der Waals surface area contributed by atoms with E-state index in [-0.39, 0.29) is 0 Å². The molecule has 0 unspecified atom stereocenters. The van der Waals surface area contributed by atoms with E-state index in [9.17, 15) is 0 Å². The van der Waals surface area contributed by atoms with Crippen LogP contribution in [0.1, 0.15) is 5.69 Å². The zero-order valence-electron chi connectivity index (χ0n) is 9.16. The first-order chi connectivity index (χ1) is 7.28. The minimum atomic E-state index is 0.576. The van der Waals surface area contributed by atoms with Crippen LogP contribution in [0.25, 0.3) is 0 Å². The van der Waals surface area contributed by atoms with Gasteiger partial charge >= 0.3 is 0 Å². The fourth-order valence-corrected chi connectivity index (χ4v) is 1.58. The second-order valence-corrected chi connectivity index (χ2v) is 3.34. The molecule has 1 aromatic heterocycles. The molecule has 1 aromatic rings. The maximum Gasteiger partial charge on any atom is 0.206 e. The van der Waals surface area contributed by atoms with Gasteiger partial charge in [0.1, 0.15) is 0 Å². The maximum atomic E-state index is 5.27. The molecule has 0 atom stereocenters. The Balaban J connectivity index is 3.21. The number of methoxy groups -OCH3 is 3. The number of pyridine rings is 1. The predicted molar refractivity (Wildman–Crippen MR) is 58.2 cm³/mol. The van der Waals surface area contributed by atoms with E-state index in [0.29, 0.717) is 17.2 Å². The summed E-state index contributed by atoms with van der Waals surface area (Å²) in [6.45, 7) is 0. The maximum absolute atomic E-state index is 5.27. The summed E-state index contributed by atoms with van der Waals surface area (Å²) in [5, 5.41) is 0. The van der Waals surface area contributed by atoms with Gasteiger partial charge in [-0.1, -0.05) is 6.04 Å². The van der Waals surface area contributed by atoms with E-state index in [0.717, 1.165) is 18.2 Å². The van der Waals surface area contributed by atoms with Gasteiger partial charge < -0.3 is 14.2 Å². The molecule has 0 aromatic carbocycles. The van der Waals surface area contributed by atoms with Crippen molar-refractivity contribution in [2.75, 3.05) is 21.3 Å². The van der Waals surface area contributed by atoms with Crippen molar-refractivity contribution >= 4 is 10.2 Å². The first kappa shape index (κ1) is 11.8. The normalized spacial score (nSPS) is 9.87. The number of aromatic nitrogens is 1. The lowest BCUT2D eigenvalue weighted by molar-refractivity contribution is 0.319. The monoisotopic (exact) mass is 224 g/mol. The number of rotatable bonds is 5. The van der Waals surface area contributed by atoms with Gasteiger partial charge in [0, 0.05) is 10.2 Å². The first-order valence-electron chi connectivity index (χ1n) is 4.56. The summed E-state index contributed by atoms with van der Waals surface area (Å²) in [7, 11) is 8.16. The van der Waals surface area contributed by atoms with Gasteiger partial charge in [0.15, 0.2) is 11.5 Å². The lowest BCUT2D eigenvalue weighted by atomic mass is 10.2. The van der Waals surface area contributed by atoms with Crippen molar-refractivity contribution in [1.82, 2.24) is 4.98 Å². The summed E-state index contributed by atoms with van der Waals surface area (Å²) in [5.41, 5.74) is 0.852. The Bertz CT molecular complexity index is 331. The SMILES string of the molecule is COc1cnc(CC[Si])c(OC)c1OC. The molecule has 15 heavy (non-hydrogen) atoms. The second-order valence-electron chi connectivity index (χ2n) is 2.84. The summed E-state index contributed by atoms with van der Waals surface area (Å²) in [6.07, 6.45) is 2.42. The molecule has 0 aliphatic carbocycles. The fraction of sp³-hybridized carbons (Fsp3) is 0.500. The molecule has 1 heterocycles. The third-order valence-electron chi connectivity index (χ3n) is 2.02. The molecule has 0 aliphatic heterocycles. The summed E-state index contributed by atoms with van der Waals surface area (Å²) >= 11 is 0. The van der Waals surface area contributed by atoms with Crippen molar-refractivity contribution in [1.29, 1.82) is 0 Å². The van der Waals surface area contributed by atoms with Crippen molar-refractivity contribution in [2.45, 2.75) is 12.5 Å². The van der Waals surface area contributed by atoms with Crippen LogP contribution in [0.5, 0.6) is 17.2 Å². The molecule has 3 radical (unpaired) electrons. The molecule has 81 valence electrons. The summed E-state index contributed by atoms with van der Waals surface area (Å²) < 4.78 is 15.6. The van der Waals surface area contributed by atoms with E-state index in [1.807, 2.05) is 0 Å². The third kappa shape index (κ3) is 2.41. The molecule has 0 fully saturated rings. The molecule has 4 nitrogen and oxygen atoms in total. The molecule has 0 saturated carbocycles. The van der Waals surface area contributed by atoms with Crippen LogP contribution in [-0.2, 0) is 6.42 Å². The Labute approximate surface area is 93.0 Å². The molecular formula is C10H14NO3Si. The van der Waals surface area contributed by atoms with Crippen LogP contribution in [0.2, 0.25) is 6.04 Å². The van der Waals surface area contributed by atoms with Crippen LogP contribution in [-0.4, -0.2) is 36.6 Å². The van der Waals surface area contributed by atoms with E-state index in [2.05, 4.69) is 15.2 Å². The smallest absolute Gasteiger partial charge is 0.206 e. The van der Waals surface area contributed by atoms with Crippen molar-refractivity contribution in [3.05, 3.63) is 11.9 Å². The molecule has 0 amide bonds. The van der Waals surface area contributed by atoms with Crippen molar-refractivity contribution in [3.8, 4) is 17.2 Å². The Morgan fingerprint density at radius 1 is 1.13 bits per heavy atom. The molecule has 5 heteroatoms. The van der Waals surface area contributed by atoms with E-state index in [4.69, 9.17) is 14.2 Å². The number of ether oxygens (including phenoxy) is 3. The van der Waals surface area contributed by atoms with E-state index in [1.54, 1.807) is 27.5 Å². The zero-order chi connectivity index (χ0) is 11.3. The highest BCUT2D eigenvalue weighted by Crippen LogP contribution is 2.38. The van der Waals surface area contributed by atoms with Crippen LogP contribution in [0, 0.1) is 0 Å². The summed E-state index contributed by atoms with van der Waals surface area (Å²) in [5.74, 6) is 1.80. The number of hydrogen-bond donors (Lipinski definition) is 0. The highest BCUT2D eigenvalue weighted by molar-refractivity contribution is 6.08. The highest BCUT2D eigenvalue weighted by atomic mass is 28.1. The zero-order valence-corrected chi connectivity index (χ0v) is 10.2. The quantitative estimate of drug-likeness (QED) is 0.705. The Hall–Kier alpha value is -1.23. The van der Waals surface area contributed by atoms with Gasteiger partial charge in [0.2, 0.25) is 5.75 Å². The molecule has 1 rings (SSSR count). The average Bonchev–Trinajstić information content (AvgIpc) is 2.28. The average molecular weight is 224 g/mol. The summed E-state index contributed by atoms with van der Waals surface area (Å²) in [4.78, 5) is 4.26. The van der Waals surface area contributed by atoms with Gasteiger partial charge in [0.25, 0.3) is 0 Å². The largest absolute Gasteiger partial charge is 0.491 e. The van der Waals surface area contributed by atoms with Crippen LogP contribution in [0.15, 0.2) is 6.20 Å². The molecule has 0 spiro atoms. The van der Waals surface area contributed by atoms with Gasteiger partial charge in [-0.05, 0) is 6.42 Å². The predicted octanol–water partition coefficient (Wildman–Crippen LogP) is 1.24. The van der Waals surface area contributed by atoms with Crippen LogP contribution < -0.4 is 14.2 Å². The minimum absolute atomic E-state index is 0.576. The summed E-state index contributed by atoms with van der Waals surface area (Å²) in [6, 6.07) is 0.818. The second kappa shape index (κ2) is 5.60. The van der Waals surface area contributed by atoms with Crippen LogP contribution in [0.3, 0.4) is 0 Å². The number of hydrogen-bond acceptors (Lipinski definition) is 4. The molecule has 0 aliphatic rings. The van der Waals surface area contributed by atoms with E-state index < -0.39 is 0 Å². The lowest BCUT2D eigenvalue weighted by Gasteiger charge is -2.14. The highest BCUT2D eigenvalue weighted by Gasteiger charge is 2.16. The van der Waals surface area contributed by atoms with Crippen molar-refractivity contribution in [3.63, 3.8) is 0 Å².